The van der Waals surface area contributed by atoms with Crippen LogP contribution in [-0.4, -0.2) is 29.6 Å². The molecule has 8 rings (SSSR count). The van der Waals surface area contributed by atoms with Crippen LogP contribution in [-0.2, 0) is 14.4 Å². The van der Waals surface area contributed by atoms with Crippen LogP contribution in [0.5, 0.6) is 0 Å². The average molecular weight is 1040 g/mol. The molecule has 14 unspecified atom stereocenters. The highest BCUT2D eigenvalue weighted by molar-refractivity contribution is 15.0. The van der Waals surface area contributed by atoms with Gasteiger partial charge in [0.2, 0.25) is 0 Å². The standard InChI is InChI=1S/C22H34O2.C22H32O2.I2.HI/c2*1-14(13-23)18-6-7-19-17-5-4-15-12-16(24)8-10-21(15,2)20(17)9-11-22(18,19)3;1-2;/h12,14,17-20,23H,4-11,13H2,1-3H3;12-14,17-20H,4-11H2,1-3H3;;1H. The van der Waals surface area contributed by atoms with Crippen LogP contribution in [0.3, 0.4) is 0 Å². The number of rotatable bonds is 4. The maximum atomic E-state index is 11.9. The molecule has 7 heteroatoms. The molecule has 0 aromatic rings. The van der Waals surface area contributed by atoms with E-state index < -0.39 is 0 Å². The highest BCUT2D eigenvalue weighted by Crippen LogP contribution is 2.69. The largest absolute Gasteiger partial charge is 0.396 e. The van der Waals surface area contributed by atoms with Gasteiger partial charge in [0.1, 0.15) is 6.29 Å². The Morgan fingerprint density at radius 2 is 1.10 bits per heavy atom. The Morgan fingerprint density at radius 3 is 1.53 bits per heavy atom. The second-order valence-corrected chi connectivity index (χ2v) is 19.5. The maximum absolute atomic E-state index is 11.9. The van der Waals surface area contributed by atoms with E-state index in [1.165, 1.54) is 81.6 Å². The van der Waals surface area contributed by atoms with Gasteiger partial charge in [0.15, 0.2) is 11.6 Å². The van der Waals surface area contributed by atoms with Gasteiger partial charge in [0, 0.05) is 62.6 Å². The SMILES string of the molecule is CC(C=O)C1CCC2C3CCC4=CC(=O)CCC4(C)C3CCC12C.CC(CO)C1CCC2C3CCC4=CC(=O)CCC4(C)C3CCC12C.I.II. The minimum atomic E-state index is 0. The molecule has 14 atom stereocenters. The van der Waals surface area contributed by atoms with Crippen molar-refractivity contribution in [2.75, 3.05) is 6.61 Å². The number of aliphatic hydroxyl groups excluding tert-OH is 1. The molecule has 0 aromatic heterocycles. The summed E-state index contributed by atoms with van der Waals surface area (Å²) in [7, 11) is 0. The molecule has 51 heavy (non-hydrogen) atoms. The Bertz CT molecular complexity index is 1380. The normalized spacial score (nSPS) is 46.1. The number of aldehydes is 1. The summed E-state index contributed by atoms with van der Waals surface area (Å²) in [6.07, 6.45) is 24.1. The zero-order chi connectivity index (χ0) is 36.2. The quantitative estimate of drug-likeness (QED) is 0.225. The molecule has 1 N–H and O–H groups in total. The van der Waals surface area contributed by atoms with Gasteiger partial charge in [-0.15, -0.1) is 24.0 Å². The summed E-state index contributed by atoms with van der Waals surface area (Å²) >= 11 is 4.24. The van der Waals surface area contributed by atoms with Gasteiger partial charge in [0.05, 0.1) is 0 Å². The van der Waals surface area contributed by atoms with Crippen molar-refractivity contribution >= 4 is 79.1 Å². The molecule has 8 aliphatic rings. The third-order valence-electron chi connectivity index (χ3n) is 17.9. The molecule has 6 fully saturated rings. The molecule has 0 spiro atoms. The Hall–Kier alpha value is 0.640. The highest BCUT2D eigenvalue weighted by atomic mass is 128. The lowest BCUT2D eigenvalue weighted by molar-refractivity contribution is -0.119. The molecule has 4 nitrogen and oxygen atoms in total. The molecule has 0 heterocycles. The number of allylic oxidation sites excluding steroid dienone is 2. The van der Waals surface area contributed by atoms with Crippen LogP contribution in [0.25, 0.3) is 0 Å². The molecule has 8 aliphatic carbocycles. The van der Waals surface area contributed by atoms with Crippen LogP contribution in [0.1, 0.15) is 144 Å². The van der Waals surface area contributed by atoms with Crippen LogP contribution < -0.4 is 0 Å². The zero-order valence-corrected chi connectivity index (χ0v) is 39.0. The third-order valence-corrected chi connectivity index (χ3v) is 17.9. The summed E-state index contributed by atoms with van der Waals surface area (Å²) in [6, 6.07) is 0. The number of carbonyl (C=O) groups excluding carboxylic acids is 3. The van der Waals surface area contributed by atoms with E-state index in [9.17, 15) is 19.5 Å². The van der Waals surface area contributed by atoms with Crippen LogP contribution >= 0.6 is 61.2 Å². The lowest BCUT2D eigenvalue weighted by Crippen LogP contribution is -2.51. The van der Waals surface area contributed by atoms with Crippen molar-refractivity contribution in [2.45, 2.75) is 144 Å². The van der Waals surface area contributed by atoms with E-state index >= 15 is 0 Å². The van der Waals surface area contributed by atoms with Crippen LogP contribution in [0, 0.1) is 80.8 Å². The van der Waals surface area contributed by atoms with Gasteiger partial charge in [-0.05, 0) is 177 Å². The smallest absolute Gasteiger partial charge is 0.155 e. The van der Waals surface area contributed by atoms with Crippen molar-refractivity contribution in [1.82, 2.24) is 0 Å². The number of ketones is 2. The van der Waals surface area contributed by atoms with Crippen LogP contribution in [0.4, 0.5) is 0 Å². The monoisotopic (exact) mass is 1040 g/mol. The Kier molecular flexibility index (Phi) is 13.9. The van der Waals surface area contributed by atoms with Crippen molar-refractivity contribution in [3.05, 3.63) is 23.3 Å². The fraction of sp³-hybridized carbons (Fsp3) is 0.841. The molecule has 0 aliphatic heterocycles. The summed E-state index contributed by atoms with van der Waals surface area (Å²) in [6.45, 7) is 14.7. The lowest BCUT2D eigenvalue weighted by atomic mass is 9.46. The van der Waals surface area contributed by atoms with Gasteiger partial charge in [-0.3, -0.25) is 9.59 Å². The fourth-order valence-electron chi connectivity index (χ4n) is 15.2. The summed E-state index contributed by atoms with van der Waals surface area (Å²) < 4.78 is 0. The van der Waals surface area contributed by atoms with Gasteiger partial charge >= 0.3 is 0 Å². The summed E-state index contributed by atoms with van der Waals surface area (Å²) in [5.74, 6) is 7.47. The summed E-state index contributed by atoms with van der Waals surface area (Å²) in [4.78, 5) is 35.2. The van der Waals surface area contributed by atoms with Crippen molar-refractivity contribution in [2.24, 2.45) is 80.8 Å². The average Bonchev–Trinajstić information content (AvgIpc) is 3.66. The minimum absolute atomic E-state index is 0. The fourth-order valence-corrected chi connectivity index (χ4v) is 15.2. The molecular weight excluding hydrogens is 973 g/mol. The van der Waals surface area contributed by atoms with Gasteiger partial charge in [-0.2, -0.15) is 0 Å². The van der Waals surface area contributed by atoms with E-state index in [0.29, 0.717) is 52.2 Å². The van der Waals surface area contributed by atoms with E-state index in [-0.39, 0.29) is 35.3 Å². The molecule has 0 bridgehead atoms. The number of hydrogen-bond donors (Lipinski definition) is 1. The van der Waals surface area contributed by atoms with Crippen molar-refractivity contribution < 1.29 is 19.5 Å². The Morgan fingerprint density at radius 1 is 0.667 bits per heavy atom. The van der Waals surface area contributed by atoms with E-state index in [1.54, 1.807) is 0 Å². The van der Waals surface area contributed by atoms with Crippen LogP contribution in [0.2, 0.25) is 0 Å². The first kappa shape index (κ1) is 42.8. The number of fused-ring (bicyclic) bond motifs is 10. The molecular formula is C44H67I3O4. The van der Waals surface area contributed by atoms with E-state index in [0.717, 1.165) is 74.0 Å². The number of carbonyl (C=O) groups is 3. The summed E-state index contributed by atoms with van der Waals surface area (Å²) in [5.41, 5.74) is 4.29. The molecule has 0 aromatic carbocycles. The highest BCUT2D eigenvalue weighted by Gasteiger charge is 2.61. The van der Waals surface area contributed by atoms with E-state index in [4.69, 9.17) is 0 Å². The van der Waals surface area contributed by atoms with E-state index in [2.05, 4.69) is 78.8 Å². The number of halogens is 3. The summed E-state index contributed by atoms with van der Waals surface area (Å²) in [5, 5.41) is 9.71. The second kappa shape index (κ2) is 16.6. The maximum Gasteiger partial charge on any atom is 0.155 e. The first-order valence-corrected chi connectivity index (χ1v) is 26.8. The molecule has 0 amide bonds. The minimum Gasteiger partial charge on any atom is -0.396 e. The van der Waals surface area contributed by atoms with Crippen molar-refractivity contribution in [1.29, 1.82) is 0 Å². The topological polar surface area (TPSA) is 71.4 Å². The lowest BCUT2D eigenvalue weighted by Gasteiger charge is -2.58. The van der Waals surface area contributed by atoms with Gasteiger partial charge < -0.3 is 9.90 Å². The Balaban J connectivity index is 0.000000185. The molecule has 6 saturated carbocycles. The molecule has 0 saturated heterocycles. The van der Waals surface area contributed by atoms with Gasteiger partial charge in [-0.1, -0.05) is 52.7 Å². The predicted octanol–water partition coefficient (Wildman–Crippen LogP) is 12.1. The van der Waals surface area contributed by atoms with Gasteiger partial charge in [0.25, 0.3) is 0 Å². The first-order chi connectivity index (χ1) is 23.8. The second-order valence-electron chi connectivity index (χ2n) is 19.5. The third kappa shape index (κ3) is 7.24. The molecule has 0 radical (unpaired) electrons. The number of aliphatic hydroxyl groups is 1. The first-order valence-electron chi connectivity index (χ1n) is 20.5. The molecule has 288 valence electrons. The number of hydrogen-bond acceptors (Lipinski definition) is 4. The van der Waals surface area contributed by atoms with Crippen LogP contribution in [0.15, 0.2) is 23.3 Å². The predicted molar refractivity (Wildman–Crippen MR) is 235 cm³/mol. The zero-order valence-electron chi connectivity index (χ0n) is 32.4. The van der Waals surface area contributed by atoms with Gasteiger partial charge in [-0.25, -0.2) is 0 Å². The van der Waals surface area contributed by atoms with Crippen molar-refractivity contribution in [3.8, 4) is 0 Å². The Labute approximate surface area is 350 Å². The van der Waals surface area contributed by atoms with E-state index in [1.807, 2.05) is 12.2 Å². The van der Waals surface area contributed by atoms with Crippen molar-refractivity contribution in [3.63, 3.8) is 0 Å².